The lowest BCUT2D eigenvalue weighted by molar-refractivity contribution is -0.0152. The minimum Gasteiger partial charge on any atom is -0.299 e. The van der Waals surface area contributed by atoms with Crippen LogP contribution in [0.5, 0.6) is 0 Å². The van der Waals surface area contributed by atoms with E-state index in [1.807, 2.05) is 9.80 Å². The van der Waals surface area contributed by atoms with E-state index >= 15 is 0 Å². The number of hydrogen-bond donors (Lipinski definition) is 0. The van der Waals surface area contributed by atoms with Crippen LogP contribution in [0.3, 0.4) is 0 Å². The molecule has 1 aliphatic rings. The molecule has 0 amide bonds. The highest BCUT2D eigenvalue weighted by Crippen LogP contribution is 2.06. The monoisotopic (exact) mass is 193 g/mol. The van der Waals surface area contributed by atoms with E-state index in [2.05, 4.69) is 21.5 Å². The van der Waals surface area contributed by atoms with E-state index in [1.54, 1.807) is 0 Å². The Morgan fingerprint density at radius 3 is 1.71 bits per heavy atom. The Labute approximate surface area is 85.1 Å². The molecule has 14 heavy (non-hydrogen) atoms. The summed E-state index contributed by atoms with van der Waals surface area (Å²) in [5, 5.41) is 0. The second kappa shape index (κ2) is 5.56. The Balaban J connectivity index is 2.49. The highest BCUT2D eigenvalue weighted by atomic mass is 15.5. The molecule has 0 aromatic rings. The molecule has 0 unspecified atom stereocenters. The summed E-state index contributed by atoms with van der Waals surface area (Å²) in [4.78, 5) is 13.1. The quantitative estimate of drug-likeness (QED) is 0.610. The van der Waals surface area contributed by atoms with Crippen molar-refractivity contribution in [1.29, 1.82) is 0 Å². The summed E-state index contributed by atoms with van der Waals surface area (Å²) in [6.45, 7) is 19.9. The van der Waals surface area contributed by atoms with Crippen molar-refractivity contribution < 1.29 is 0 Å². The Kier molecular flexibility index (Phi) is 4.34. The van der Waals surface area contributed by atoms with E-state index < -0.39 is 0 Å². The molecule has 1 aliphatic heterocycles. The molecule has 0 bridgehead atoms. The zero-order chi connectivity index (χ0) is 10.4. The largest absolute Gasteiger partial charge is 0.299 e. The average Bonchev–Trinajstić information content (AvgIpc) is 2.18. The van der Waals surface area contributed by atoms with E-state index in [0.717, 1.165) is 26.6 Å². The lowest BCUT2D eigenvalue weighted by Crippen LogP contribution is -2.54. The molecule has 1 fully saturated rings. The van der Waals surface area contributed by atoms with Gasteiger partial charge in [0.05, 0.1) is 20.0 Å². The van der Waals surface area contributed by atoms with Crippen molar-refractivity contribution in [2.75, 3.05) is 39.9 Å². The van der Waals surface area contributed by atoms with Crippen LogP contribution >= 0.6 is 0 Å². The topological polar surface area (TPSA) is 18.4 Å². The first kappa shape index (κ1) is 10.9. The summed E-state index contributed by atoms with van der Waals surface area (Å²) in [5.41, 5.74) is 0. The Morgan fingerprint density at radius 1 is 0.929 bits per heavy atom. The van der Waals surface area contributed by atoms with Crippen LogP contribution in [0.4, 0.5) is 0 Å². The second-order valence-electron chi connectivity index (χ2n) is 3.35. The summed E-state index contributed by atoms with van der Waals surface area (Å²) >= 11 is 0. The summed E-state index contributed by atoms with van der Waals surface area (Å²) in [6, 6.07) is 0. The van der Waals surface area contributed by atoms with Gasteiger partial charge in [-0.3, -0.25) is 14.6 Å². The van der Waals surface area contributed by atoms with Crippen LogP contribution in [0.1, 0.15) is 6.92 Å². The zero-order valence-electron chi connectivity index (χ0n) is 8.48. The molecule has 0 radical (unpaired) electrons. The van der Waals surface area contributed by atoms with Gasteiger partial charge in [0.2, 0.25) is 0 Å². The molecule has 0 spiro atoms. The van der Waals surface area contributed by atoms with Gasteiger partial charge in [-0.05, 0) is 6.54 Å². The third kappa shape index (κ3) is 2.97. The molecule has 0 aromatic carbocycles. The molecule has 5 heteroatoms. The van der Waals surface area contributed by atoms with Crippen LogP contribution in [0.25, 0.3) is 9.69 Å². The van der Waals surface area contributed by atoms with E-state index in [0.29, 0.717) is 13.3 Å². The standard InChI is InChI=1S/C9H15N5/c1-4-12-7-13(5-10-2)9-14(8-12)6-11-3/h4-9H2,1H3. The summed E-state index contributed by atoms with van der Waals surface area (Å²) < 4.78 is 0. The molecule has 0 atom stereocenters. The maximum atomic E-state index is 6.82. The predicted octanol–water partition coefficient (Wildman–Crippen LogP) is 0.552. The normalized spacial score (nSPS) is 20.2. The molecular formula is C9H15N5. The Bertz CT molecular complexity index is 227. The first-order valence-electron chi connectivity index (χ1n) is 4.63. The van der Waals surface area contributed by atoms with Gasteiger partial charge in [0, 0.05) is 0 Å². The van der Waals surface area contributed by atoms with Crippen LogP contribution in [0, 0.1) is 13.1 Å². The van der Waals surface area contributed by atoms with Gasteiger partial charge in [-0.25, -0.2) is 22.9 Å². The van der Waals surface area contributed by atoms with Gasteiger partial charge < -0.3 is 0 Å². The number of nitrogens with zero attached hydrogens (tertiary/aromatic N) is 5. The molecule has 1 heterocycles. The van der Waals surface area contributed by atoms with Crippen molar-refractivity contribution in [3.63, 3.8) is 0 Å². The zero-order valence-corrected chi connectivity index (χ0v) is 8.48. The van der Waals surface area contributed by atoms with Gasteiger partial charge in [0.25, 0.3) is 13.3 Å². The van der Waals surface area contributed by atoms with Crippen molar-refractivity contribution in [2.24, 2.45) is 0 Å². The molecule has 1 saturated heterocycles. The first-order chi connectivity index (χ1) is 6.80. The third-order valence-corrected chi connectivity index (χ3v) is 2.19. The van der Waals surface area contributed by atoms with Crippen molar-refractivity contribution in [1.82, 2.24) is 14.7 Å². The number of hydrogen-bond acceptors (Lipinski definition) is 3. The van der Waals surface area contributed by atoms with Crippen molar-refractivity contribution in [3.05, 3.63) is 22.8 Å². The van der Waals surface area contributed by atoms with Crippen LogP contribution in [-0.4, -0.2) is 54.6 Å². The third-order valence-electron chi connectivity index (χ3n) is 2.19. The van der Waals surface area contributed by atoms with Gasteiger partial charge >= 0.3 is 0 Å². The molecule has 0 aliphatic carbocycles. The molecule has 0 saturated carbocycles. The molecule has 76 valence electrons. The molecule has 0 aromatic heterocycles. The van der Waals surface area contributed by atoms with E-state index in [9.17, 15) is 0 Å². The SMILES string of the molecule is [C-]#[N+]CN1CN(CC)CN(C[N+]#[C-])C1. The van der Waals surface area contributed by atoms with Crippen molar-refractivity contribution in [3.8, 4) is 0 Å². The fourth-order valence-electron chi connectivity index (χ4n) is 1.56. The van der Waals surface area contributed by atoms with Crippen LogP contribution in [-0.2, 0) is 0 Å². The van der Waals surface area contributed by atoms with E-state index in [1.165, 1.54) is 0 Å². The van der Waals surface area contributed by atoms with Gasteiger partial charge in [-0.2, -0.15) is 0 Å². The Hall–Kier alpha value is -1.14. The highest BCUT2D eigenvalue weighted by Gasteiger charge is 2.24. The predicted molar refractivity (Wildman–Crippen MR) is 53.6 cm³/mol. The van der Waals surface area contributed by atoms with Gasteiger partial charge in [-0.15, -0.1) is 0 Å². The van der Waals surface area contributed by atoms with Crippen molar-refractivity contribution in [2.45, 2.75) is 6.92 Å². The average molecular weight is 193 g/mol. The summed E-state index contributed by atoms with van der Waals surface area (Å²) in [5.74, 6) is 0. The molecule has 0 N–H and O–H groups in total. The van der Waals surface area contributed by atoms with E-state index in [-0.39, 0.29) is 0 Å². The first-order valence-corrected chi connectivity index (χ1v) is 4.63. The maximum absolute atomic E-state index is 6.82. The Morgan fingerprint density at radius 2 is 1.36 bits per heavy atom. The highest BCUT2D eigenvalue weighted by molar-refractivity contribution is 4.73. The molecule has 1 rings (SSSR count). The molecule has 5 nitrogen and oxygen atoms in total. The minimum absolute atomic E-state index is 0.422. The van der Waals surface area contributed by atoms with Gasteiger partial charge in [0.1, 0.15) is 0 Å². The minimum atomic E-state index is 0.422. The van der Waals surface area contributed by atoms with Gasteiger partial charge in [0.15, 0.2) is 0 Å². The van der Waals surface area contributed by atoms with Gasteiger partial charge in [-0.1, -0.05) is 6.92 Å². The van der Waals surface area contributed by atoms with E-state index in [4.69, 9.17) is 13.1 Å². The second-order valence-corrected chi connectivity index (χ2v) is 3.35. The maximum Gasteiger partial charge on any atom is 0.272 e. The lowest BCUT2D eigenvalue weighted by atomic mass is 10.5. The fourth-order valence-corrected chi connectivity index (χ4v) is 1.56. The van der Waals surface area contributed by atoms with Crippen LogP contribution in [0.15, 0.2) is 0 Å². The lowest BCUT2D eigenvalue weighted by Gasteiger charge is -2.37. The van der Waals surface area contributed by atoms with Crippen molar-refractivity contribution >= 4 is 0 Å². The van der Waals surface area contributed by atoms with Crippen LogP contribution < -0.4 is 0 Å². The van der Waals surface area contributed by atoms with Crippen LogP contribution in [0.2, 0.25) is 0 Å². The molecular weight excluding hydrogens is 178 g/mol. The summed E-state index contributed by atoms with van der Waals surface area (Å²) in [6.07, 6.45) is 0. The summed E-state index contributed by atoms with van der Waals surface area (Å²) in [7, 11) is 0. The fraction of sp³-hybridized carbons (Fsp3) is 0.778. The smallest absolute Gasteiger partial charge is 0.272 e. The number of rotatable bonds is 3.